The third-order valence-electron chi connectivity index (χ3n) is 5.54. The van der Waals surface area contributed by atoms with Crippen LogP contribution in [0.4, 0.5) is 0 Å². The van der Waals surface area contributed by atoms with E-state index in [1.54, 1.807) is 10.6 Å². The van der Waals surface area contributed by atoms with Crippen LogP contribution in [0.2, 0.25) is 0 Å². The Bertz CT molecular complexity index is 1310. The predicted molar refractivity (Wildman–Crippen MR) is 103 cm³/mol. The second-order valence-corrected chi connectivity index (χ2v) is 7.14. The number of hydrogen-bond acceptors (Lipinski definition) is 6. The summed E-state index contributed by atoms with van der Waals surface area (Å²) >= 11 is 0. The van der Waals surface area contributed by atoms with Gasteiger partial charge in [0.1, 0.15) is 6.61 Å². The number of para-hydroxylation sites is 1. The fourth-order valence-electron chi connectivity index (χ4n) is 4.08. The molecule has 4 heterocycles. The molecule has 2 aliphatic heterocycles. The Morgan fingerprint density at radius 1 is 1.31 bits per heavy atom. The van der Waals surface area contributed by atoms with E-state index < -0.39 is 11.6 Å². The van der Waals surface area contributed by atoms with E-state index in [9.17, 15) is 14.7 Å². The van der Waals surface area contributed by atoms with Crippen molar-refractivity contribution in [2.24, 2.45) is 5.11 Å². The lowest BCUT2D eigenvalue weighted by molar-refractivity contribution is -0.172. The number of rotatable bonds is 3. The standard InChI is InChI=1S/C20H15N5O4/c21-24-22-6-5-20(28)14-8-16-17-12(7-11-3-1-2-4-15(11)23-17)9-25(16)18(26)13(14)10-29-19(20)27/h1-4,7-8,28H,5-6,9-10H2/t20-/m0/s1. The highest BCUT2D eigenvalue weighted by Crippen LogP contribution is 2.38. The Morgan fingerprint density at radius 3 is 2.97 bits per heavy atom. The first kappa shape index (κ1) is 17.4. The fraction of sp³-hybridized carbons (Fsp3) is 0.250. The highest BCUT2D eigenvalue weighted by Gasteiger charge is 2.46. The maximum Gasteiger partial charge on any atom is 0.343 e. The van der Waals surface area contributed by atoms with Gasteiger partial charge in [-0.15, -0.1) is 0 Å². The summed E-state index contributed by atoms with van der Waals surface area (Å²) in [6.45, 7) is 0.0437. The first-order chi connectivity index (χ1) is 14.0. The van der Waals surface area contributed by atoms with Crippen molar-refractivity contribution >= 4 is 16.9 Å². The molecule has 0 aliphatic carbocycles. The van der Waals surface area contributed by atoms with E-state index in [2.05, 4.69) is 10.0 Å². The summed E-state index contributed by atoms with van der Waals surface area (Å²) in [5, 5.41) is 15.4. The summed E-state index contributed by atoms with van der Waals surface area (Å²) in [4.78, 5) is 32.9. The monoisotopic (exact) mass is 389 g/mol. The zero-order valence-corrected chi connectivity index (χ0v) is 15.2. The molecular formula is C20H15N5O4. The van der Waals surface area contributed by atoms with E-state index in [4.69, 9.17) is 15.3 Å². The average Bonchev–Trinajstić information content (AvgIpc) is 3.08. The SMILES string of the molecule is [N-]=[N+]=NCC[C@@]1(O)C(=O)OCc2c1cc1n(c2=O)Cc2cc3ccccc3nc2-1. The molecule has 29 heavy (non-hydrogen) atoms. The maximum absolute atomic E-state index is 13.1. The largest absolute Gasteiger partial charge is 0.458 e. The van der Waals surface area contributed by atoms with Gasteiger partial charge in [0.05, 0.1) is 29.0 Å². The molecule has 1 aromatic carbocycles. The van der Waals surface area contributed by atoms with Gasteiger partial charge in [0, 0.05) is 28.0 Å². The molecule has 0 bridgehead atoms. The molecule has 9 heteroatoms. The summed E-state index contributed by atoms with van der Waals surface area (Å²) < 4.78 is 6.66. The van der Waals surface area contributed by atoms with Gasteiger partial charge in [0.15, 0.2) is 5.60 Å². The lowest BCUT2D eigenvalue weighted by Gasteiger charge is -2.32. The van der Waals surface area contributed by atoms with E-state index in [1.807, 2.05) is 30.3 Å². The van der Waals surface area contributed by atoms with Crippen LogP contribution in [0.15, 0.2) is 46.3 Å². The molecular weight excluding hydrogens is 374 g/mol. The summed E-state index contributed by atoms with van der Waals surface area (Å²) in [6.07, 6.45) is -0.177. The van der Waals surface area contributed by atoms with Crippen LogP contribution >= 0.6 is 0 Å². The topological polar surface area (TPSA) is 130 Å². The number of aromatic nitrogens is 2. The number of hydrogen-bond donors (Lipinski definition) is 1. The molecule has 9 nitrogen and oxygen atoms in total. The molecule has 0 unspecified atom stereocenters. The smallest absolute Gasteiger partial charge is 0.343 e. The van der Waals surface area contributed by atoms with Crippen LogP contribution in [0.3, 0.4) is 0 Å². The Labute approximate surface area is 163 Å². The summed E-state index contributed by atoms with van der Waals surface area (Å²) in [5.74, 6) is -0.854. The van der Waals surface area contributed by atoms with Crippen LogP contribution in [0.5, 0.6) is 0 Å². The summed E-state index contributed by atoms with van der Waals surface area (Å²) in [6, 6.07) is 11.3. The van der Waals surface area contributed by atoms with E-state index in [0.29, 0.717) is 17.9 Å². The van der Waals surface area contributed by atoms with Crippen molar-refractivity contribution in [1.82, 2.24) is 9.55 Å². The quantitative estimate of drug-likeness (QED) is 0.249. The second-order valence-electron chi connectivity index (χ2n) is 7.14. The number of benzene rings is 1. The van der Waals surface area contributed by atoms with Crippen molar-refractivity contribution in [3.05, 3.63) is 73.9 Å². The molecule has 0 radical (unpaired) electrons. The number of aliphatic hydroxyl groups is 1. The average molecular weight is 389 g/mol. The maximum atomic E-state index is 13.1. The number of cyclic esters (lactones) is 1. The van der Waals surface area contributed by atoms with E-state index >= 15 is 0 Å². The minimum Gasteiger partial charge on any atom is -0.458 e. The Hall–Kier alpha value is -3.68. The molecule has 3 aromatic rings. The lowest BCUT2D eigenvalue weighted by atomic mass is 9.85. The number of pyridine rings is 2. The number of esters is 1. The lowest BCUT2D eigenvalue weighted by Crippen LogP contribution is -2.45. The van der Waals surface area contributed by atoms with Crippen LogP contribution < -0.4 is 5.56 Å². The summed E-state index contributed by atoms with van der Waals surface area (Å²) in [5.41, 5.74) is 9.45. The highest BCUT2D eigenvalue weighted by atomic mass is 16.6. The summed E-state index contributed by atoms with van der Waals surface area (Å²) in [7, 11) is 0. The second kappa shape index (κ2) is 6.16. The van der Waals surface area contributed by atoms with Gasteiger partial charge in [-0.1, -0.05) is 23.3 Å². The fourth-order valence-corrected chi connectivity index (χ4v) is 4.08. The van der Waals surface area contributed by atoms with Crippen molar-refractivity contribution in [2.45, 2.75) is 25.2 Å². The molecule has 2 aliphatic rings. The van der Waals surface area contributed by atoms with Gasteiger partial charge in [-0.2, -0.15) is 0 Å². The van der Waals surface area contributed by atoms with Crippen molar-refractivity contribution < 1.29 is 14.6 Å². The van der Waals surface area contributed by atoms with Crippen LogP contribution in [-0.2, 0) is 28.3 Å². The van der Waals surface area contributed by atoms with Crippen molar-refractivity contribution in [3.63, 3.8) is 0 Å². The molecule has 2 aromatic heterocycles. The minimum atomic E-state index is -2.05. The van der Waals surface area contributed by atoms with E-state index in [-0.39, 0.29) is 36.3 Å². The third kappa shape index (κ3) is 2.45. The zero-order chi connectivity index (χ0) is 20.2. The molecule has 5 rings (SSSR count). The molecule has 0 saturated heterocycles. The number of azide groups is 1. The van der Waals surface area contributed by atoms with Crippen molar-refractivity contribution in [1.29, 1.82) is 0 Å². The molecule has 144 valence electrons. The van der Waals surface area contributed by atoms with Gasteiger partial charge in [-0.25, -0.2) is 9.78 Å². The number of ether oxygens (including phenoxy) is 1. The number of carbonyl (C=O) groups is 1. The Balaban J connectivity index is 1.73. The molecule has 0 spiro atoms. The van der Waals surface area contributed by atoms with E-state index in [1.165, 1.54) is 0 Å². The van der Waals surface area contributed by atoms with Gasteiger partial charge in [0.25, 0.3) is 5.56 Å². The first-order valence-electron chi connectivity index (χ1n) is 9.09. The molecule has 0 fully saturated rings. The number of fused-ring (bicyclic) bond motifs is 5. The van der Waals surface area contributed by atoms with Gasteiger partial charge in [-0.05, 0) is 30.2 Å². The molecule has 1 N–H and O–H groups in total. The first-order valence-corrected chi connectivity index (χ1v) is 9.09. The zero-order valence-electron chi connectivity index (χ0n) is 15.2. The minimum absolute atomic E-state index is 0.112. The molecule has 0 amide bonds. The number of nitrogens with zero attached hydrogens (tertiary/aromatic N) is 5. The third-order valence-corrected chi connectivity index (χ3v) is 5.54. The van der Waals surface area contributed by atoms with Crippen LogP contribution in [0.1, 0.15) is 23.1 Å². The van der Waals surface area contributed by atoms with E-state index in [0.717, 1.165) is 16.5 Å². The predicted octanol–water partition coefficient (Wildman–Crippen LogP) is 2.37. The Morgan fingerprint density at radius 2 is 2.14 bits per heavy atom. The van der Waals surface area contributed by atoms with Crippen molar-refractivity contribution in [2.75, 3.05) is 6.54 Å². The van der Waals surface area contributed by atoms with Gasteiger partial charge in [0.2, 0.25) is 0 Å². The van der Waals surface area contributed by atoms with Gasteiger partial charge >= 0.3 is 5.97 Å². The van der Waals surface area contributed by atoms with Crippen molar-refractivity contribution in [3.8, 4) is 11.4 Å². The van der Waals surface area contributed by atoms with Crippen LogP contribution in [0.25, 0.3) is 32.7 Å². The van der Waals surface area contributed by atoms with Gasteiger partial charge < -0.3 is 14.4 Å². The Kier molecular flexibility index (Phi) is 3.70. The van der Waals surface area contributed by atoms with Crippen LogP contribution in [0, 0.1) is 0 Å². The van der Waals surface area contributed by atoms with Crippen LogP contribution in [-0.4, -0.2) is 27.2 Å². The highest BCUT2D eigenvalue weighted by molar-refractivity contribution is 5.86. The number of carbonyl (C=O) groups excluding carboxylic acids is 1. The molecule has 1 atom stereocenters. The normalized spacial score (nSPS) is 19.1. The van der Waals surface area contributed by atoms with Gasteiger partial charge in [-0.3, -0.25) is 4.79 Å². The molecule has 0 saturated carbocycles.